The van der Waals surface area contributed by atoms with Crippen molar-refractivity contribution in [2.24, 2.45) is 11.8 Å². The predicted octanol–water partition coefficient (Wildman–Crippen LogP) is 2.21. The second-order valence-corrected chi connectivity index (χ2v) is 3.93. The highest BCUT2D eigenvalue weighted by molar-refractivity contribution is 4.87. The Morgan fingerprint density at radius 2 is 2.00 bits per heavy atom. The van der Waals surface area contributed by atoms with Crippen LogP contribution in [0.5, 0.6) is 0 Å². The lowest BCUT2D eigenvalue weighted by atomic mass is 9.82. The molecule has 4 atom stereocenters. The van der Waals surface area contributed by atoms with Gasteiger partial charge in [0.25, 0.3) is 0 Å². The quantitative estimate of drug-likeness (QED) is 0.501. The van der Waals surface area contributed by atoms with Gasteiger partial charge in [-0.25, -0.2) is 0 Å². The van der Waals surface area contributed by atoms with Gasteiger partial charge < -0.3 is 4.74 Å². The summed E-state index contributed by atoms with van der Waals surface area (Å²) in [5.41, 5.74) is 0. The van der Waals surface area contributed by atoms with E-state index in [2.05, 4.69) is 13.8 Å². The molecule has 1 nitrogen and oxygen atoms in total. The minimum absolute atomic E-state index is 0.551. The summed E-state index contributed by atoms with van der Waals surface area (Å²) in [5.74, 6) is 1.71. The highest BCUT2D eigenvalue weighted by Gasteiger charge is 2.38. The molecular formula is C9H16O. The fraction of sp³-hybridized carbons (Fsp3) is 1.00. The smallest absolute Gasteiger partial charge is 0.0608 e. The molecule has 0 N–H and O–H groups in total. The van der Waals surface area contributed by atoms with Crippen LogP contribution in [0.4, 0.5) is 0 Å². The van der Waals surface area contributed by atoms with Gasteiger partial charge in [0.1, 0.15) is 0 Å². The summed E-state index contributed by atoms with van der Waals surface area (Å²) in [4.78, 5) is 0. The zero-order chi connectivity index (χ0) is 7.14. The third kappa shape index (κ3) is 0.878. The summed E-state index contributed by atoms with van der Waals surface area (Å²) in [7, 11) is 0. The summed E-state index contributed by atoms with van der Waals surface area (Å²) in [5, 5.41) is 0. The molecule has 1 heteroatoms. The lowest BCUT2D eigenvalue weighted by molar-refractivity contribution is 0.0281. The lowest BCUT2D eigenvalue weighted by Gasteiger charge is -2.22. The maximum Gasteiger partial charge on any atom is 0.0608 e. The normalized spacial score (nSPS) is 53.4. The number of ether oxygens (including phenoxy) is 1. The molecular weight excluding hydrogens is 124 g/mol. The second-order valence-electron chi connectivity index (χ2n) is 3.93. The largest absolute Gasteiger partial charge is 0.375 e. The zero-order valence-corrected chi connectivity index (χ0v) is 6.84. The van der Waals surface area contributed by atoms with Gasteiger partial charge in [0.2, 0.25) is 0 Å². The summed E-state index contributed by atoms with van der Waals surface area (Å²) in [6, 6.07) is 0. The molecule has 0 amide bonds. The van der Waals surface area contributed by atoms with Gasteiger partial charge in [-0.15, -0.1) is 0 Å². The van der Waals surface area contributed by atoms with E-state index in [1.54, 1.807) is 0 Å². The highest BCUT2D eigenvalue weighted by atomic mass is 16.5. The van der Waals surface area contributed by atoms with Crippen LogP contribution in [0.15, 0.2) is 0 Å². The van der Waals surface area contributed by atoms with Crippen molar-refractivity contribution in [3.05, 3.63) is 0 Å². The van der Waals surface area contributed by atoms with Gasteiger partial charge in [-0.05, 0) is 38.0 Å². The van der Waals surface area contributed by atoms with Crippen LogP contribution >= 0.6 is 0 Å². The van der Waals surface area contributed by atoms with Gasteiger partial charge in [-0.2, -0.15) is 0 Å². The third-order valence-corrected chi connectivity index (χ3v) is 3.22. The zero-order valence-electron chi connectivity index (χ0n) is 6.84. The molecule has 0 spiro atoms. The van der Waals surface area contributed by atoms with Crippen LogP contribution in [0.1, 0.15) is 33.1 Å². The van der Waals surface area contributed by atoms with E-state index in [0.717, 1.165) is 11.8 Å². The van der Waals surface area contributed by atoms with E-state index in [0.29, 0.717) is 12.2 Å². The van der Waals surface area contributed by atoms with Crippen molar-refractivity contribution < 1.29 is 4.74 Å². The lowest BCUT2D eigenvalue weighted by Crippen LogP contribution is -2.20. The average molecular weight is 140 g/mol. The van der Waals surface area contributed by atoms with Gasteiger partial charge in [-0.1, -0.05) is 6.92 Å². The summed E-state index contributed by atoms with van der Waals surface area (Å²) in [6.07, 6.45) is 5.28. The molecule has 0 aromatic rings. The van der Waals surface area contributed by atoms with E-state index in [-0.39, 0.29) is 0 Å². The second kappa shape index (κ2) is 2.23. The molecule has 58 valence electrons. The van der Waals surface area contributed by atoms with E-state index in [1.807, 2.05) is 0 Å². The van der Waals surface area contributed by atoms with Crippen LogP contribution in [0.25, 0.3) is 0 Å². The van der Waals surface area contributed by atoms with E-state index in [9.17, 15) is 0 Å². The molecule has 0 aromatic carbocycles. The Morgan fingerprint density at radius 1 is 1.20 bits per heavy atom. The first-order chi connectivity index (χ1) is 4.77. The Kier molecular flexibility index (Phi) is 1.48. The van der Waals surface area contributed by atoms with Crippen LogP contribution in [-0.4, -0.2) is 12.2 Å². The van der Waals surface area contributed by atoms with E-state index in [1.165, 1.54) is 19.3 Å². The molecule has 2 aliphatic rings. The molecule has 10 heavy (non-hydrogen) atoms. The molecule has 1 saturated carbocycles. The van der Waals surface area contributed by atoms with Crippen molar-refractivity contribution in [1.29, 1.82) is 0 Å². The van der Waals surface area contributed by atoms with Gasteiger partial charge in [-0.3, -0.25) is 0 Å². The van der Waals surface area contributed by atoms with Gasteiger partial charge in [0.05, 0.1) is 12.2 Å². The van der Waals surface area contributed by atoms with Crippen molar-refractivity contribution in [3.8, 4) is 0 Å². The molecule has 1 aliphatic carbocycles. The monoisotopic (exact) mass is 140 g/mol. The Bertz CT molecular complexity index is 131. The number of hydrogen-bond acceptors (Lipinski definition) is 1. The average Bonchev–Trinajstić information content (AvgIpc) is 2.21. The Hall–Kier alpha value is -0.0400. The SMILES string of the molecule is CC1CCC2CC1OC2C. The molecule has 0 aromatic heterocycles. The molecule has 1 aliphatic heterocycles. The van der Waals surface area contributed by atoms with Crippen molar-refractivity contribution in [2.75, 3.05) is 0 Å². The molecule has 0 radical (unpaired) electrons. The number of fused-ring (bicyclic) bond motifs is 2. The fourth-order valence-corrected chi connectivity index (χ4v) is 2.31. The Balaban J connectivity index is 2.08. The van der Waals surface area contributed by atoms with Gasteiger partial charge in [0, 0.05) is 0 Å². The molecule has 1 heterocycles. The molecule has 2 rings (SSSR count). The van der Waals surface area contributed by atoms with E-state index in [4.69, 9.17) is 4.74 Å². The van der Waals surface area contributed by atoms with Crippen LogP contribution in [0.2, 0.25) is 0 Å². The van der Waals surface area contributed by atoms with Gasteiger partial charge >= 0.3 is 0 Å². The standard InChI is InChI=1S/C9H16O/c1-6-3-4-8-5-9(6)10-7(8)2/h6-9H,3-5H2,1-2H3. The minimum Gasteiger partial charge on any atom is -0.375 e. The van der Waals surface area contributed by atoms with Crippen molar-refractivity contribution >= 4 is 0 Å². The van der Waals surface area contributed by atoms with E-state index < -0.39 is 0 Å². The third-order valence-electron chi connectivity index (χ3n) is 3.22. The maximum atomic E-state index is 5.80. The first-order valence-corrected chi connectivity index (χ1v) is 4.43. The Morgan fingerprint density at radius 3 is 2.70 bits per heavy atom. The molecule has 2 bridgehead atoms. The van der Waals surface area contributed by atoms with Crippen LogP contribution in [0, 0.1) is 11.8 Å². The Labute approximate surface area is 62.8 Å². The van der Waals surface area contributed by atoms with Crippen LogP contribution in [0.3, 0.4) is 0 Å². The van der Waals surface area contributed by atoms with Crippen molar-refractivity contribution in [1.82, 2.24) is 0 Å². The first-order valence-electron chi connectivity index (χ1n) is 4.43. The summed E-state index contributed by atoms with van der Waals surface area (Å²) in [6.45, 7) is 4.54. The van der Waals surface area contributed by atoms with Gasteiger partial charge in [0.15, 0.2) is 0 Å². The highest BCUT2D eigenvalue weighted by Crippen LogP contribution is 2.40. The predicted molar refractivity (Wildman–Crippen MR) is 40.8 cm³/mol. The van der Waals surface area contributed by atoms with Crippen LogP contribution in [-0.2, 0) is 4.74 Å². The molecule has 1 saturated heterocycles. The van der Waals surface area contributed by atoms with Crippen molar-refractivity contribution in [3.63, 3.8) is 0 Å². The summed E-state index contributed by atoms with van der Waals surface area (Å²) < 4.78 is 5.80. The number of hydrogen-bond donors (Lipinski definition) is 0. The van der Waals surface area contributed by atoms with E-state index >= 15 is 0 Å². The maximum absolute atomic E-state index is 5.80. The molecule has 2 fully saturated rings. The van der Waals surface area contributed by atoms with Crippen LogP contribution < -0.4 is 0 Å². The summed E-state index contributed by atoms with van der Waals surface area (Å²) >= 11 is 0. The topological polar surface area (TPSA) is 9.23 Å². The first kappa shape index (κ1) is 6.66. The minimum atomic E-state index is 0.551. The number of rotatable bonds is 0. The molecule has 4 unspecified atom stereocenters. The van der Waals surface area contributed by atoms with Crippen molar-refractivity contribution in [2.45, 2.75) is 45.3 Å². The fourth-order valence-electron chi connectivity index (χ4n) is 2.31.